The van der Waals surface area contributed by atoms with E-state index < -0.39 is 5.54 Å². The summed E-state index contributed by atoms with van der Waals surface area (Å²) in [4.78, 5) is 11.4. The summed E-state index contributed by atoms with van der Waals surface area (Å²) in [5, 5.41) is 11.4. The highest BCUT2D eigenvalue weighted by molar-refractivity contribution is 8.03. The third-order valence-corrected chi connectivity index (χ3v) is 5.74. The van der Waals surface area contributed by atoms with E-state index in [0.29, 0.717) is 6.42 Å². The maximum Gasteiger partial charge on any atom is 0.237 e. The number of carbonyl (C=O) groups is 1. The van der Waals surface area contributed by atoms with Gasteiger partial charge >= 0.3 is 0 Å². The number of hydrogen-bond acceptors (Lipinski definition) is 7. The third kappa shape index (κ3) is 4.11. The van der Waals surface area contributed by atoms with Gasteiger partial charge in [0.15, 0.2) is 8.68 Å². The van der Waals surface area contributed by atoms with Crippen molar-refractivity contribution in [3.05, 3.63) is 0 Å². The largest absolute Gasteiger partial charge is 0.368 e. The molecule has 18 heavy (non-hydrogen) atoms. The van der Waals surface area contributed by atoms with Crippen LogP contribution in [0.5, 0.6) is 0 Å². The van der Waals surface area contributed by atoms with Crippen LogP contribution >= 0.6 is 34.9 Å². The van der Waals surface area contributed by atoms with Crippen LogP contribution in [0, 0.1) is 0 Å². The van der Waals surface area contributed by atoms with E-state index in [0.717, 1.165) is 8.68 Å². The lowest BCUT2D eigenvalue weighted by Crippen LogP contribution is -2.52. The normalized spacial score (nSPS) is 16.2. The number of nitrogens with two attached hydrogens (primary N) is 1. The molecule has 1 amide bonds. The quantitative estimate of drug-likeness (QED) is 0.745. The predicted octanol–water partition coefficient (Wildman–Crippen LogP) is 1.59. The van der Waals surface area contributed by atoms with Gasteiger partial charge in [0.25, 0.3) is 0 Å². The van der Waals surface area contributed by atoms with Crippen molar-refractivity contribution < 1.29 is 4.79 Å². The molecule has 1 aromatic rings. The Labute approximate surface area is 120 Å². The number of likely N-dealkylation sites (N-methyl/N-ethyl adjacent to an activating group) is 1. The lowest BCUT2D eigenvalue weighted by Gasteiger charge is -2.27. The fourth-order valence-electron chi connectivity index (χ4n) is 1.44. The number of amides is 1. The van der Waals surface area contributed by atoms with Crippen LogP contribution in [0.1, 0.15) is 20.3 Å². The molecule has 0 aliphatic carbocycles. The second kappa shape index (κ2) is 6.74. The molecule has 1 heterocycles. The van der Waals surface area contributed by atoms with Gasteiger partial charge < -0.3 is 11.1 Å². The second-order valence-corrected chi connectivity index (χ2v) is 7.83. The van der Waals surface area contributed by atoms with E-state index in [1.54, 1.807) is 41.9 Å². The van der Waals surface area contributed by atoms with Gasteiger partial charge in [-0.3, -0.25) is 4.79 Å². The first kappa shape index (κ1) is 15.7. The molecule has 1 aromatic heterocycles. The number of rotatable bonds is 7. The van der Waals surface area contributed by atoms with E-state index in [9.17, 15) is 4.79 Å². The zero-order valence-electron chi connectivity index (χ0n) is 10.9. The lowest BCUT2D eigenvalue weighted by molar-refractivity contribution is -0.123. The minimum absolute atomic E-state index is 0.234. The van der Waals surface area contributed by atoms with Crippen molar-refractivity contribution in [1.82, 2.24) is 15.5 Å². The predicted molar refractivity (Wildman–Crippen MR) is 78.3 cm³/mol. The Hall–Kier alpha value is -0.310. The van der Waals surface area contributed by atoms with Gasteiger partial charge in [0.1, 0.15) is 0 Å². The first-order valence-electron chi connectivity index (χ1n) is 5.44. The molecule has 1 rings (SSSR count). The summed E-state index contributed by atoms with van der Waals surface area (Å²) in [7, 11) is 1.75. The molecule has 2 atom stereocenters. The van der Waals surface area contributed by atoms with Crippen molar-refractivity contribution in [2.75, 3.05) is 13.3 Å². The number of nitrogens with zero attached hydrogens (tertiary/aromatic N) is 2. The molecule has 0 aliphatic heterocycles. The number of thioether (sulfide) groups is 2. The fraction of sp³-hybridized carbons (Fsp3) is 0.700. The molecule has 0 spiro atoms. The second-order valence-electron chi connectivity index (χ2n) is 4.12. The van der Waals surface area contributed by atoms with Gasteiger partial charge in [-0.1, -0.05) is 41.8 Å². The zero-order chi connectivity index (χ0) is 13.8. The summed E-state index contributed by atoms with van der Waals surface area (Å²) >= 11 is 4.78. The smallest absolute Gasteiger partial charge is 0.237 e. The minimum atomic E-state index is -0.681. The van der Waals surface area contributed by atoms with Crippen LogP contribution in [-0.4, -0.2) is 40.2 Å². The monoisotopic (exact) mass is 306 g/mol. The van der Waals surface area contributed by atoms with Gasteiger partial charge in [-0.15, -0.1) is 10.2 Å². The molecule has 102 valence electrons. The van der Waals surface area contributed by atoms with Gasteiger partial charge in [-0.05, 0) is 26.6 Å². The van der Waals surface area contributed by atoms with Crippen LogP contribution in [0.4, 0.5) is 0 Å². The van der Waals surface area contributed by atoms with Crippen LogP contribution in [0.15, 0.2) is 8.68 Å². The molecule has 0 radical (unpaired) electrons. The number of carbonyl (C=O) groups excluding carboxylic acids is 1. The maximum absolute atomic E-state index is 11.4. The third-order valence-electron chi connectivity index (χ3n) is 2.66. The van der Waals surface area contributed by atoms with E-state index >= 15 is 0 Å². The van der Waals surface area contributed by atoms with Gasteiger partial charge in [0.2, 0.25) is 5.91 Å². The fourth-order valence-corrected chi connectivity index (χ4v) is 4.38. The van der Waals surface area contributed by atoms with Crippen LogP contribution < -0.4 is 11.1 Å². The Morgan fingerprint density at radius 1 is 1.56 bits per heavy atom. The molecule has 0 bridgehead atoms. The first-order chi connectivity index (χ1) is 8.41. The van der Waals surface area contributed by atoms with Crippen LogP contribution in [0.3, 0.4) is 0 Å². The average Bonchev–Trinajstić information content (AvgIpc) is 2.76. The zero-order valence-corrected chi connectivity index (χ0v) is 13.3. The van der Waals surface area contributed by atoms with E-state index in [1.165, 1.54) is 0 Å². The minimum Gasteiger partial charge on any atom is -0.368 e. The van der Waals surface area contributed by atoms with Crippen molar-refractivity contribution in [1.29, 1.82) is 0 Å². The Morgan fingerprint density at radius 3 is 2.61 bits per heavy atom. The van der Waals surface area contributed by atoms with Gasteiger partial charge in [0, 0.05) is 5.25 Å². The highest BCUT2D eigenvalue weighted by atomic mass is 32.2. The summed E-state index contributed by atoms with van der Waals surface area (Å²) in [6.07, 6.45) is 2.63. The van der Waals surface area contributed by atoms with Crippen molar-refractivity contribution in [2.45, 2.75) is 39.7 Å². The van der Waals surface area contributed by atoms with Crippen molar-refractivity contribution in [3.8, 4) is 0 Å². The van der Waals surface area contributed by atoms with E-state index in [1.807, 2.05) is 13.2 Å². The van der Waals surface area contributed by atoms with E-state index in [2.05, 4.69) is 22.4 Å². The van der Waals surface area contributed by atoms with Gasteiger partial charge in [-0.2, -0.15) is 0 Å². The highest BCUT2D eigenvalue weighted by Gasteiger charge is 2.31. The average molecular weight is 306 g/mol. The lowest BCUT2D eigenvalue weighted by atomic mass is 9.95. The molecular formula is C10H18N4OS3. The molecule has 0 saturated carbocycles. The molecule has 8 heteroatoms. The van der Waals surface area contributed by atoms with Crippen LogP contribution in [-0.2, 0) is 4.79 Å². The molecular weight excluding hydrogens is 288 g/mol. The molecule has 0 saturated heterocycles. The van der Waals surface area contributed by atoms with Crippen molar-refractivity contribution in [2.24, 2.45) is 5.73 Å². The summed E-state index contributed by atoms with van der Waals surface area (Å²) in [6, 6.07) is 0. The molecule has 3 N–H and O–H groups in total. The first-order valence-corrected chi connectivity index (χ1v) is 8.36. The van der Waals surface area contributed by atoms with E-state index in [-0.39, 0.29) is 11.2 Å². The molecule has 0 fully saturated rings. The Bertz CT molecular complexity index is 412. The summed E-state index contributed by atoms with van der Waals surface area (Å²) < 4.78 is 1.88. The maximum atomic E-state index is 11.4. The topological polar surface area (TPSA) is 80.9 Å². The number of aromatic nitrogens is 2. The summed E-state index contributed by atoms with van der Waals surface area (Å²) in [5.74, 6) is -0.334. The number of nitrogens with one attached hydrogen (secondary N) is 1. The van der Waals surface area contributed by atoms with Crippen molar-refractivity contribution in [3.63, 3.8) is 0 Å². The van der Waals surface area contributed by atoms with Gasteiger partial charge in [0.05, 0.1) is 5.54 Å². The highest BCUT2D eigenvalue weighted by Crippen LogP contribution is 2.32. The Balaban J connectivity index is 2.60. The van der Waals surface area contributed by atoms with Crippen molar-refractivity contribution >= 4 is 40.8 Å². The standard InChI is InChI=1S/C10H18N4OS3/c1-6(5-10(2,12-3)7(11)15)17-9-14-13-8(16-4)18-9/h6,12H,5H2,1-4H3,(H2,11,15). The Morgan fingerprint density at radius 2 is 2.17 bits per heavy atom. The number of primary amides is 1. The molecule has 5 nitrogen and oxygen atoms in total. The van der Waals surface area contributed by atoms with Crippen LogP contribution in [0.2, 0.25) is 0 Å². The molecule has 0 aliphatic rings. The number of hydrogen-bond donors (Lipinski definition) is 2. The SMILES string of the molecule is CNC(C)(CC(C)Sc1nnc(SC)s1)C(N)=O. The Kier molecular flexibility index (Phi) is 5.90. The van der Waals surface area contributed by atoms with E-state index in [4.69, 9.17) is 5.73 Å². The molecule has 0 aromatic carbocycles. The van der Waals surface area contributed by atoms with Gasteiger partial charge in [-0.25, -0.2) is 0 Å². The summed E-state index contributed by atoms with van der Waals surface area (Å²) in [6.45, 7) is 3.88. The summed E-state index contributed by atoms with van der Waals surface area (Å²) in [5.41, 5.74) is 4.73. The molecule has 2 unspecified atom stereocenters. The van der Waals surface area contributed by atoms with Crippen LogP contribution in [0.25, 0.3) is 0 Å².